The number of rotatable bonds is 4. The highest BCUT2D eigenvalue weighted by atomic mass is 19.1. The van der Waals surface area contributed by atoms with Crippen molar-refractivity contribution in [3.8, 4) is 11.1 Å². The Morgan fingerprint density at radius 3 is 2.27 bits per heavy atom. The van der Waals surface area contributed by atoms with E-state index in [1.54, 1.807) is 0 Å². The first-order valence-corrected chi connectivity index (χ1v) is 15.7. The molecule has 0 saturated heterocycles. The molecule has 3 aromatic rings. The van der Waals surface area contributed by atoms with Gasteiger partial charge in [-0.15, -0.1) is 0 Å². The summed E-state index contributed by atoms with van der Waals surface area (Å²) in [6.45, 7) is 3.96. The molecule has 2 unspecified atom stereocenters. The average molecular weight is 603 g/mol. The summed E-state index contributed by atoms with van der Waals surface area (Å²) in [5, 5.41) is 5.02. The maximum Gasteiger partial charge on any atom is 0.404 e. The van der Waals surface area contributed by atoms with Crippen molar-refractivity contribution in [1.82, 2.24) is 5.32 Å². The summed E-state index contributed by atoms with van der Waals surface area (Å²) >= 11 is 0. The molecule has 0 spiro atoms. The molecule has 3 aliphatic carbocycles. The second kappa shape index (κ2) is 12.7. The number of fused-ring (bicyclic) bond motifs is 5. The van der Waals surface area contributed by atoms with Crippen LogP contribution in [0.4, 0.5) is 9.18 Å². The van der Waals surface area contributed by atoms with E-state index in [4.69, 9.17) is 10.5 Å². The third kappa shape index (κ3) is 6.15. The molecule has 230 valence electrons. The number of halogens is 1. The Hall–Kier alpha value is -4.71. The Labute approximate surface area is 263 Å². The standard InChI is InChI=1S/C33H32FNO3.C6H7N/c1-33(2)29-16-15-25-24-13-9-21(19-5-3-4-6-19)17-22(24)10-14-26(25)27(29)18-28(31(33)38-32(35)37)30(36)20-7-11-23(34)12-8-20;1-2-4-6-7-5-3-1/h7-9,11-19,28,31H,3-6,10H2,1-2H3,(H2,35,37);1-7H. The molecule has 2 atom stereocenters. The van der Waals surface area contributed by atoms with Gasteiger partial charge in [-0.25, -0.2) is 9.18 Å². The van der Waals surface area contributed by atoms with Crippen LogP contribution < -0.4 is 21.5 Å². The van der Waals surface area contributed by atoms with Crippen molar-refractivity contribution < 1.29 is 18.7 Å². The smallest absolute Gasteiger partial charge is 0.404 e. The molecule has 3 N–H and O–H groups in total. The normalized spacial score (nSPS) is 20.5. The van der Waals surface area contributed by atoms with Crippen LogP contribution in [0.2, 0.25) is 0 Å². The van der Waals surface area contributed by atoms with E-state index in [-0.39, 0.29) is 5.78 Å². The van der Waals surface area contributed by atoms with Crippen LogP contribution in [0.25, 0.3) is 23.3 Å². The first-order chi connectivity index (χ1) is 21.7. The van der Waals surface area contributed by atoms with E-state index in [1.807, 2.05) is 56.6 Å². The molecule has 45 heavy (non-hydrogen) atoms. The summed E-state index contributed by atoms with van der Waals surface area (Å²) in [7, 11) is 0. The van der Waals surface area contributed by atoms with Crippen molar-refractivity contribution >= 4 is 24.0 Å². The van der Waals surface area contributed by atoms with Gasteiger partial charge < -0.3 is 15.8 Å². The Balaban J connectivity index is 0.000000452. The second-order valence-corrected chi connectivity index (χ2v) is 12.7. The summed E-state index contributed by atoms with van der Waals surface area (Å²) in [6, 6.07) is 16.7. The molecular formula is C39H39FN2O3. The molecule has 7 rings (SSSR count). The fourth-order valence-corrected chi connectivity index (χ4v) is 7.24. The van der Waals surface area contributed by atoms with Crippen LogP contribution in [0.15, 0.2) is 91.3 Å². The number of ether oxygens (including phenoxy) is 1. The number of hydrogen-bond acceptors (Lipinski definition) is 4. The zero-order valence-electron chi connectivity index (χ0n) is 25.8. The van der Waals surface area contributed by atoms with Crippen LogP contribution >= 0.6 is 0 Å². The average Bonchev–Trinajstić information content (AvgIpc) is 3.41. The van der Waals surface area contributed by atoms with Crippen molar-refractivity contribution in [2.75, 3.05) is 0 Å². The number of allylic oxidation sites excluding steroid dienone is 4. The van der Waals surface area contributed by atoms with Crippen molar-refractivity contribution in [2.45, 2.75) is 63.4 Å². The summed E-state index contributed by atoms with van der Waals surface area (Å²) < 4.78 is 19.2. The molecule has 4 aliphatic rings. The number of benzene rings is 3. The molecule has 1 fully saturated rings. The lowest BCUT2D eigenvalue weighted by Crippen LogP contribution is -2.54. The van der Waals surface area contributed by atoms with Crippen LogP contribution in [0.1, 0.15) is 72.5 Å². The Bertz CT molecular complexity index is 1810. The fraction of sp³-hybridized carbons (Fsp3) is 0.282. The monoisotopic (exact) mass is 602 g/mol. The predicted molar refractivity (Wildman–Crippen MR) is 177 cm³/mol. The topological polar surface area (TPSA) is 81.4 Å². The summed E-state index contributed by atoms with van der Waals surface area (Å²) in [5.41, 5.74) is 11.3. The van der Waals surface area contributed by atoms with E-state index in [9.17, 15) is 14.0 Å². The maximum atomic E-state index is 13.7. The van der Waals surface area contributed by atoms with Gasteiger partial charge in [0, 0.05) is 23.4 Å². The molecule has 3 aromatic carbocycles. The number of carbonyl (C=O) groups is 2. The van der Waals surface area contributed by atoms with Crippen molar-refractivity contribution in [2.24, 2.45) is 11.7 Å². The van der Waals surface area contributed by atoms with Gasteiger partial charge in [0.05, 0.1) is 5.92 Å². The van der Waals surface area contributed by atoms with Crippen LogP contribution in [0.3, 0.4) is 0 Å². The number of hydrogen-bond donors (Lipinski definition) is 2. The van der Waals surface area contributed by atoms with Gasteiger partial charge in [-0.2, -0.15) is 0 Å². The zero-order chi connectivity index (χ0) is 31.6. The maximum absolute atomic E-state index is 13.7. The third-order valence-electron chi connectivity index (χ3n) is 9.53. The predicted octanol–water partition coefficient (Wildman–Crippen LogP) is 6.69. The van der Waals surface area contributed by atoms with Gasteiger partial charge in [0.1, 0.15) is 11.9 Å². The van der Waals surface area contributed by atoms with E-state index >= 15 is 0 Å². The lowest BCUT2D eigenvalue weighted by atomic mass is 9.67. The number of nitrogens with one attached hydrogen (secondary N) is 1. The molecule has 0 bridgehead atoms. The summed E-state index contributed by atoms with van der Waals surface area (Å²) in [5.74, 6) is -0.741. The lowest BCUT2D eigenvalue weighted by molar-refractivity contribution is 0.0342. The van der Waals surface area contributed by atoms with E-state index in [2.05, 4.69) is 41.7 Å². The Kier molecular flexibility index (Phi) is 8.57. The van der Waals surface area contributed by atoms with Crippen molar-refractivity contribution in [1.29, 1.82) is 0 Å². The quantitative estimate of drug-likeness (QED) is 0.326. The molecule has 1 aliphatic heterocycles. The number of carbonyl (C=O) groups excluding carboxylic acids is 2. The first-order valence-electron chi connectivity index (χ1n) is 15.7. The van der Waals surface area contributed by atoms with E-state index in [0.29, 0.717) is 11.5 Å². The zero-order valence-corrected chi connectivity index (χ0v) is 25.8. The minimum Gasteiger partial charge on any atom is -0.444 e. The van der Waals surface area contributed by atoms with Gasteiger partial charge in [-0.3, -0.25) is 4.79 Å². The van der Waals surface area contributed by atoms with Crippen LogP contribution in [0, 0.1) is 11.7 Å². The van der Waals surface area contributed by atoms with Crippen LogP contribution in [0.5, 0.6) is 0 Å². The van der Waals surface area contributed by atoms with Gasteiger partial charge >= 0.3 is 6.09 Å². The van der Waals surface area contributed by atoms with Gasteiger partial charge in [0.25, 0.3) is 0 Å². The molecule has 0 radical (unpaired) electrons. The van der Waals surface area contributed by atoms with Gasteiger partial charge in [0.2, 0.25) is 0 Å². The third-order valence-corrected chi connectivity index (χ3v) is 9.53. The first kappa shape index (κ1) is 30.3. The van der Waals surface area contributed by atoms with E-state index in [0.717, 1.165) is 28.0 Å². The van der Waals surface area contributed by atoms with E-state index in [1.165, 1.54) is 66.6 Å². The highest BCUT2D eigenvalue weighted by molar-refractivity contribution is 6.02. The SMILES string of the molecule is C1=CC=CNC=C1.CC1(C)c2ccc3c(c2=CC(C(=O)c2ccc(F)cc2)C1OC(N)=O)=CCc1cc(C2CCCC2)ccc1-3. The van der Waals surface area contributed by atoms with Crippen LogP contribution in [-0.4, -0.2) is 18.0 Å². The van der Waals surface area contributed by atoms with Crippen molar-refractivity contribution in [3.63, 3.8) is 0 Å². The number of primary amides is 1. The number of ketones is 1. The Morgan fingerprint density at radius 1 is 0.889 bits per heavy atom. The summed E-state index contributed by atoms with van der Waals surface area (Å²) in [4.78, 5) is 25.7. The second-order valence-electron chi connectivity index (χ2n) is 12.7. The fourth-order valence-electron chi connectivity index (χ4n) is 7.24. The molecule has 6 heteroatoms. The lowest BCUT2D eigenvalue weighted by Gasteiger charge is -2.41. The van der Waals surface area contributed by atoms with E-state index < -0.39 is 29.3 Å². The minimum atomic E-state index is -0.923. The molecule has 5 nitrogen and oxygen atoms in total. The van der Waals surface area contributed by atoms with Crippen molar-refractivity contribution in [3.05, 3.63) is 130 Å². The highest BCUT2D eigenvalue weighted by Gasteiger charge is 2.45. The van der Waals surface area contributed by atoms with Crippen LogP contribution in [-0.2, 0) is 16.6 Å². The van der Waals surface area contributed by atoms with Gasteiger partial charge in [-0.1, -0.05) is 81.3 Å². The summed E-state index contributed by atoms with van der Waals surface area (Å²) in [6.07, 6.45) is 20.0. The molecule has 0 aromatic heterocycles. The Morgan fingerprint density at radius 2 is 1.58 bits per heavy atom. The number of nitrogens with two attached hydrogens (primary N) is 1. The van der Waals surface area contributed by atoms with Gasteiger partial charge in [0.15, 0.2) is 5.78 Å². The minimum absolute atomic E-state index is 0.231. The molecule has 1 saturated carbocycles. The molecule has 1 amide bonds. The number of amides is 1. The molecular weight excluding hydrogens is 563 g/mol. The van der Waals surface area contributed by atoms with Gasteiger partial charge in [-0.05, 0) is 99.9 Å². The highest BCUT2D eigenvalue weighted by Crippen LogP contribution is 2.39. The largest absolute Gasteiger partial charge is 0.444 e. The molecule has 1 heterocycles. The number of Topliss-reactive ketones (excluding diaryl/α,β-unsaturated/α-hetero) is 1.